The molecule has 0 aliphatic rings. The molecule has 0 unspecified atom stereocenters. The van der Waals surface area contributed by atoms with Crippen molar-refractivity contribution in [1.29, 1.82) is 0 Å². The van der Waals surface area contributed by atoms with E-state index in [2.05, 4.69) is 25.1 Å². The van der Waals surface area contributed by atoms with Gasteiger partial charge in [-0.3, -0.25) is 9.89 Å². The second-order valence-electron chi connectivity index (χ2n) is 2.85. The molecule has 0 saturated heterocycles. The zero-order chi connectivity index (χ0) is 10.8. The Kier molecular flexibility index (Phi) is 2.34. The number of nitrogens with one attached hydrogen (secondary N) is 2. The Hall–Kier alpha value is -1.96. The monoisotopic (exact) mass is 224 g/mol. The van der Waals surface area contributed by atoms with Gasteiger partial charge in [0, 0.05) is 0 Å². The lowest BCUT2D eigenvalue weighted by molar-refractivity contribution is 0.103. The summed E-state index contributed by atoms with van der Waals surface area (Å²) in [4.78, 5) is 12.0. The molecular formula is C7H8N6OS. The van der Waals surface area contributed by atoms with Crippen LogP contribution in [0.5, 0.6) is 0 Å². The van der Waals surface area contributed by atoms with E-state index in [4.69, 9.17) is 5.73 Å². The first-order chi connectivity index (χ1) is 7.18. The number of aromatic nitrogens is 4. The summed E-state index contributed by atoms with van der Waals surface area (Å²) in [6.45, 7) is 1.77. The van der Waals surface area contributed by atoms with Crippen LogP contribution in [0.15, 0.2) is 6.20 Å². The third-order valence-electron chi connectivity index (χ3n) is 1.81. The molecule has 2 aromatic heterocycles. The lowest BCUT2D eigenvalue weighted by Crippen LogP contribution is -2.11. The van der Waals surface area contributed by atoms with Gasteiger partial charge in [0.05, 0.1) is 17.6 Å². The number of H-pyrrole nitrogens is 1. The maximum Gasteiger partial charge on any atom is 0.270 e. The molecule has 2 aromatic rings. The number of hydrogen-bond acceptors (Lipinski definition) is 6. The Bertz CT molecular complexity index is 476. The van der Waals surface area contributed by atoms with E-state index in [0.29, 0.717) is 22.1 Å². The Morgan fingerprint density at radius 3 is 3.00 bits per heavy atom. The number of rotatable bonds is 2. The summed E-state index contributed by atoms with van der Waals surface area (Å²) < 4.78 is 3.58. The maximum absolute atomic E-state index is 11.5. The predicted octanol–water partition coefficient (Wildman–Crippen LogP) is 0.404. The fourth-order valence-corrected chi connectivity index (χ4v) is 1.38. The van der Waals surface area contributed by atoms with Crippen LogP contribution >= 0.6 is 11.5 Å². The van der Waals surface area contributed by atoms with Gasteiger partial charge in [0.15, 0.2) is 5.82 Å². The molecule has 78 valence electrons. The fraction of sp³-hybridized carbons (Fsp3) is 0.143. The van der Waals surface area contributed by atoms with Crippen LogP contribution in [0.1, 0.15) is 15.4 Å². The first-order valence-corrected chi connectivity index (χ1v) is 4.85. The van der Waals surface area contributed by atoms with E-state index in [1.54, 1.807) is 6.92 Å². The minimum absolute atomic E-state index is 0.316. The van der Waals surface area contributed by atoms with Crippen molar-refractivity contribution in [2.75, 3.05) is 11.1 Å². The minimum atomic E-state index is -0.316. The smallest absolute Gasteiger partial charge is 0.270 e. The van der Waals surface area contributed by atoms with E-state index in [0.717, 1.165) is 11.5 Å². The fourth-order valence-electron chi connectivity index (χ4n) is 0.969. The lowest BCUT2D eigenvalue weighted by Gasteiger charge is -1.98. The summed E-state index contributed by atoms with van der Waals surface area (Å²) in [5.74, 6) is 0.00843. The molecule has 0 atom stereocenters. The third-order valence-corrected chi connectivity index (χ3v) is 2.47. The highest BCUT2D eigenvalue weighted by Gasteiger charge is 2.13. The highest BCUT2D eigenvalue weighted by Crippen LogP contribution is 2.18. The van der Waals surface area contributed by atoms with Crippen molar-refractivity contribution < 1.29 is 4.79 Å². The first kappa shape index (κ1) is 9.59. The summed E-state index contributed by atoms with van der Waals surface area (Å²) in [7, 11) is 0. The Morgan fingerprint density at radius 1 is 1.67 bits per heavy atom. The topological polar surface area (TPSA) is 110 Å². The molecule has 7 nitrogen and oxygen atoms in total. The van der Waals surface area contributed by atoms with Gasteiger partial charge in [-0.05, 0) is 18.5 Å². The Morgan fingerprint density at radius 2 is 2.47 bits per heavy atom. The van der Waals surface area contributed by atoms with Crippen LogP contribution in [0.3, 0.4) is 0 Å². The van der Waals surface area contributed by atoms with Gasteiger partial charge in [-0.15, -0.1) is 5.10 Å². The van der Waals surface area contributed by atoms with Crippen LogP contribution in [-0.4, -0.2) is 25.7 Å². The van der Waals surface area contributed by atoms with Crippen LogP contribution in [0.25, 0.3) is 0 Å². The van der Waals surface area contributed by atoms with Crippen LogP contribution in [0, 0.1) is 6.92 Å². The average Bonchev–Trinajstić information content (AvgIpc) is 2.83. The van der Waals surface area contributed by atoms with Crippen molar-refractivity contribution >= 4 is 28.9 Å². The molecular weight excluding hydrogens is 216 g/mol. The number of nitrogens with zero attached hydrogens (tertiary/aromatic N) is 3. The molecule has 0 bridgehead atoms. The zero-order valence-electron chi connectivity index (χ0n) is 7.81. The number of carbonyl (C=O) groups is 1. The van der Waals surface area contributed by atoms with Crippen molar-refractivity contribution in [3.63, 3.8) is 0 Å². The molecule has 8 heteroatoms. The molecule has 0 radical (unpaired) electrons. The van der Waals surface area contributed by atoms with Crippen LogP contribution in [0.4, 0.5) is 11.5 Å². The quantitative estimate of drug-likeness (QED) is 0.684. The van der Waals surface area contributed by atoms with E-state index < -0.39 is 0 Å². The van der Waals surface area contributed by atoms with Crippen LogP contribution in [0.2, 0.25) is 0 Å². The molecule has 2 rings (SSSR count). The van der Waals surface area contributed by atoms with E-state index in [1.165, 1.54) is 6.20 Å². The second kappa shape index (κ2) is 3.65. The predicted molar refractivity (Wildman–Crippen MR) is 55.6 cm³/mol. The number of nitrogens with two attached hydrogens (primary N) is 1. The lowest BCUT2D eigenvalue weighted by atomic mass is 10.4. The zero-order valence-corrected chi connectivity index (χ0v) is 8.63. The number of hydrogen-bond donors (Lipinski definition) is 3. The van der Waals surface area contributed by atoms with E-state index in [1.807, 2.05) is 0 Å². The summed E-state index contributed by atoms with van der Waals surface area (Å²) in [6, 6.07) is 0. The highest BCUT2D eigenvalue weighted by atomic mass is 32.1. The summed E-state index contributed by atoms with van der Waals surface area (Å²) in [6.07, 6.45) is 1.38. The van der Waals surface area contributed by atoms with Crippen LogP contribution in [-0.2, 0) is 0 Å². The number of aromatic amines is 1. The number of nitrogen functional groups attached to an aromatic ring is 1. The maximum atomic E-state index is 11.5. The molecule has 0 aliphatic heterocycles. The highest BCUT2D eigenvalue weighted by molar-refractivity contribution is 7.07. The largest absolute Gasteiger partial charge is 0.394 e. The van der Waals surface area contributed by atoms with Gasteiger partial charge in [0.2, 0.25) is 0 Å². The van der Waals surface area contributed by atoms with Gasteiger partial charge >= 0.3 is 0 Å². The summed E-state index contributed by atoms with van der Waals surface area (Å²) in [5, 5.41) is 12.6. The number of amides is 1. The molecule has 0 aromatic carbocycles. The molecule has 0 aliphatic carbocycles. The van der Waals surface area contributed by atoms with Gasteiger partial charge in [0.1, 0.15) is 4.88 Å². The van der Waals surface area contributed by atoms with Gasteiger partial charge in [-0.1, -0.05) is 4.49 Å². The number of anilines is 2. The number of carbonyl (C=O) groups excluding carboxylic acids is 1. The molecule has 15 heavy (non-hydrogen) atoms. The van der Waals surface area contributed by atoms with Gasteiger partial charge in [-0.2, -0.15) is 5.10 Å². The second-order valence-corrected chi connectivity index (χ2v) is 3.63. The van der Waals surface area contributed by atoms with E-state index in [-0.39, 0.29) is 5.91 Å². The van der Waals surface area contributed by atoms with Crippen molar-refractivity contribution in [2.45, 2.75) is 6.92 Å². The molecule has 1 amide bonds. The molecule has 0 spiro atoms. The summed E-state index contributed by atoms with van der Waals surface area (Å²) in [5.41, 5.74) is 6.81. The minimum Gasteiger partial charge on any atom is -0.394 e. The Labute approximate surface area is 88.9 Å². The van der Waals surface area contributed by atoms with E-state index >= 15 is 0 Å². The molecule has 0 fully saturated rings. The van der Waals surface area contributed by atoms with Gasteiger partial charge < -0.3 is 11.1 Å². The van der Waals surface area contributed by atoms with Crippen molar-refractivity contribution in [3.8, 4) is 0 Å². The van der Waals surface area contributed by atoms with Crippen molar-refractivity contribution in [2.24, 2.45) is 0 Å². The average molecular weight is 224 g/mol. The molecule has 0 saturated carbocycles. The van der Waals surface area contributed by atoms with Gasteiger partial charge in [0.25, 0.3) is 5.91 Å². The standard InChI is InChI=1S/C7H8N6OS/c1-3-5(8)6(12-11-3)10-7(14)4-2-9-13-15-4/h2H,8H2,1H3,(H2,10,11,12,14). The van der Waals surface area contributed by atoms with Crippen molar-refractivity contribution in [1.82, 2.24) is 19.8 Å². The first-order valence-electron chi connectivity index (χ1n) is 4.07. The van der Waals surface area contributed by atoms with E-state index in [9.17, 15) is 4.79 Å². The SMILES string of the molecule is Cc1[nH]nc(NC(=O)c2cnns2)c1N. The van der Waals surface area contributed by atoms with Crippen molar-refractivity contribution in [3.05, 3.63) is 16.8 Å². The number of aryl methyl sites for hydroxylation is 1. The summed E-state index contributed by atoms with van der Waals surface area (Å²) >= 11 is 1.01. The normalized spacial score (nSPS) is 10.2. The molecule has 2 heterocycles. The van der Waals surface area contributed by atoms with Crippen LogP contribution < -0.4 is 11.1 Å². The van der Waals surface area contributed by atoms with Gasteiger partial charge in [-0.25, -0.2) is 0 Å². The molecule has 4 N–H and O–H groups in total. The Balaban J connectivity index is 2.16. The third kappa shape index (κ3) is 1.79.